The van der Waals surface area contributed by atoms with Crippen LogP contribution in [-0.2, 0) is 10.8 Å². The van der Waals surface area contributed by atoms with Crippen molar-refractivity contribution >= 4 is 71.4 Å². The molecule has 0 amide bonds. The lowest BCUT2D eigenvalue weighted by atomic mass is 9.70. The first-order valence-corrected chi connectivity index (χ1v) is 23.7. The first kappa shape index (κ1) is 35.9. The molecule has 2 spiro atoms. The largest absolute Gasteiger partial charge is 0.456 e. The molecule has 10 aromatic carbocycles. The SMILES string of the molecule is Clc1ccc2c(c1)C1(c3ccccc3-c3c(-c4ccc5c(c4)oc4ccc6c(c45)-c4ccccc4C64c5ccccc5-c5c(Br)cccc54)cccc31)c1ccc3c(oc4ccccc43)c1-2. The molecular weight excluding hydrogens is 892 g/mol. The average molecular weight is 924 g/mol. The smallest absolute Gasteiger partial charge is 0.143 e. The van der Waals surface area contributed by atoms with Crippen molar-refractivity contribution < 1.29 is 8.83 Å². The van der Waals surface area contributed by atoms with Gasteiger partial charge in [0.05, 0.1) is 10.8 Å². The average Bonchev–Trinajstić information content (AvgIpc) is 4.18. The van der Waals surface area contributed by atoms with Gasteiger partial charge < -0.3 is 8.83 Å². The van der Waals surface area contributed by atoms with Gasteiger partial charge in [0.25, 0.3) is 0 Å². The van der Waals surface area contributed by atoms with Crippen LogP contribution in [0.1, 0.15) is 44.5 Å². The van der Waals surface area contributed by atoms with Gasteiger partial charge in [-0.15, -0.1) is 0 Å². The number of hydrogen-bond donors (Lipinski definition) is 0. The molecule has 2 aromatic heterocycles. The van der Waals surface area contributed by atoms with E-state index >= 15 is 0 Å². The molecule has 0 fully saturated rings. The van der Waals surface area contributed by atoms with Crippen LogP contribution in [0.5, 0.6) is 0 Å². The number of rotatable bonds is 1. The van der Waals surface area contributed by atoms with E-state index in [0.29, 0.717) is 5.02 Å². The van der Waals surface area contributed by atoms with Gasteiger partial charge in [0.1, 0.15) is 22.3 Å². The van der Waals surface area contributed by atoms with Gasteiger partial charge in [-0.3, -0.25) is 0 Å². The minimum Gasteiger partial charge on any atom is -0.456 e. The van der Waals surface area contributed by atoms with E-state index in [1.54, 1.807) is 0 Å². The van der Waals surface area contributed by atoms with Crippen LogP contribution >= 0.6 is 27.5 Å². The highest BCUT2D eigenvalue weighted by atomic mass is 79.9. The molecule has 0 bridgehead atoms. The number of benzene rings is 10. The maximum atomic E-state index is 6.99. The van der Waals surface area contributed by atoms with Crippen LogP contribution in [0.15, 0.2) is 207 Å². The molecule has 2 unspecified atom stereocenters. The lowest BCUT2D eigenvalue weighted by Gasteiger charge is -2.30. The Bertz CT molecular complexity index is 4230. The molecule has 0 N–H and O–H groups in total. The molecule has 306 valence electrons. The molecule has 4 heteroatoms. The lowest BCUT2D eigenvalue weighted by molar-refractivity contribution is 0.668. The molecule has 0 aliphatic heterocycles. The van der Waals surface area contributed by atoms with Crippen LogP contribution in [0.3, 0.4) is 0 Å². The summed E-state index contributed by atoms with van der Waals surface area (Å²) in [5.41, 5.74) is 24.7. The summed E-state index contributed by atoms with van der Waals surface area (Å²) < 4.78 is 14.9. The molecule has 2 atom stereocenters. The van der Waals surface area contributed by atoms with E-state index in [2.05, 4.69) is 198 Å². The number of furan rings is 2. The predicted octanol–water partition coefficient (Wildman–Crippen LogP) is 17.3. The van der Waals surface area contributed by atoms with E-state index in [1.165, 1.54) is 83.5 Å². The van der Waals surface area contributed by atoms with E-state index in [9.17, 15) is 0 Å². The molecule has 0 saturated heterocycles. The first-order valence-electron chi connectivity index (χ1n) is 22.5. The normalized spacial score (nSPS) is 17.7. The second kappa shape index (κ2) is 12.3. The zero-order valence-electron chi connectivity index (χ0n) is 35.0. The topological polar surface area (TPSA) is 26.3 Å². The molecule has 2 heterocycles. The molecule has 66 heavy (non-hydrogen) atoms. The summed E-state index contributed by atoms with van der Waals surface area (Å²) >= 11 is 11.0. The standard InChI is InChI=1S/C62H32BrClO2/c63-51-21-10-20-47-56(51)39-13-2-6-17-44(39)61(47)45-18-7-3-14-40(45)57-48(61)29-30-53-59(57)42-25-23-33(31-54(42)65-53)35-15-9-19-46-55(35)38-12-1-5-16-43(38)62(46)49-28-27-37-36-11-4-8-22-52(36)66-60(37)58(49)41-26-24-34(64)32-50(41)62/h1-32H. The minimum atomic E-state index is -0.606. The van der Waals surface area contributed by atoms with Crippen molar-refractivity contribution in [3.8, 4) is 55.6 Å². The zero-order valence-corrected chi connectivity index (χ0v) is 37.4. The van der Waals surface area contributed by atoms with Gasteiger partial charge in [-0.05, 0) is 131 Å². The summed E-state index contributed by atoms with van der Waals surface area (Å²) in [6.07, 6.45) is 0. The fraction of sp³-hybridized carbons (Fsp3) is 0.0323. The number of hydrogen-bond acceptors (Lipinski definition) is 2. The second-order valence-electron chi connectivity index (χ2n) is 18.4. The van der Waals surface area contributed by atoms with Gasteiger partial charge >= 0.3 is 0 Å². The first-order chi connectivity index (χ1) is 32.6. The van der Waals surface area contributed by atoms with E-state index < -0.39 is 10.8 Å². The van der Waals surface area contributed by atoms with Gasteiger partial charge in [0.15, 0.2) is 0 Å². The molecule has 4 aliphatic carbocycles. The van der Waals surface area contributed by atoms with Crippen LogP contribution in [-0.4, -0.2) is 0 Å². The van der Waals surface area contributed by atoms with Gasteiger partial charge in [0.2, 0.25) is 0 Å². The highest BCUT2D eigenvalue weighted by molar-refractivity contribution is 9.10. The van der Waals surface area contributed by atoms with Gasteiger partial charge in [-0.2, -0.15) is 0 Å². The van der Waals surface area contributed by atoms with Crippen molar-refractivity contribution in [2.45, 2.75) is 10.8 Å². The highest BCUT2D eigenvalue weighted by Crippen LogP contribution is 2.67. The quantitative estimate of drug-likeness (QED) is 0.164. The Morgan fingerprint density at radius 3 is 1.73 bits per heavy atom. The van der Waals surface area contributed by atoms with E-state index in [4.69, 9.17) is 20.4 Å². The molecule has 2 nitrogen and oxygen atoms in total. The van der Waals surface area contributed by atoms with Crippen molar-refractivity contribution in [1.29, 1.82) is 0 Å². The van der Waals surface area contributed by atoms with Crippen molar-refractivity contribution in [1.82, 2.24) is 0 Å². The summed E-state index contributed by atoms with van der Waals surface area (Å²) in [6.45, 7) is 0. The Balaban J connectivity index is 0.936. The minimum absolute atomic E-state index is 0.453. The van der Waals surface area contributed by atoms with Crippen molar-refractivity contribution in [3.05, 3.63) is 248 Å². The summed E-state index contributed by atoms with van der Waals surface area (Å²) in [7, 11) is 0. The Labute approximate surface area is 392 Å². The maximum Gasteiger partial charge on any atom is 0.143 e. The van der Waals surface area contributed by atoms with Crippen LogP contribution in [0.4, 0.5) is 0 Å². The van der Waals surface area contributed by atoms with Gasteiger partial charge in [-0.25, -0.2) is 0 Å². The zero-order chi connectivity index (χ0) is 43.2. The number of fused-ring (bicyclic) bond motifs is 28. The Morgan fingerprint density at radius 2 is 0.924 bits per heavy atom. The lowest BCUT2D eigenvalue weighted by Crippen LogP contribution is -2.25. The van der Waals surface area contributed by atoms with Crippen LogP contribution in [0.2, 0.25) is 5.02 Å². The molecule has 0 radical (unpaired) electrons. The fourth-order valence-corrected chi connectivity index (χ4v) is 14.1. The highest BCUT2D eigenvalue weighted by Gasteiger charge is 2.54. The monoisotopic (exact) mass is 922 g/mol. The summed E-state index contributed by atoms with van der Waals surface area (Å²) in [5.74, 6) is 0. The Morgan fingerprint density at radius 1 is 0.348 bits per heavy atom. The van der Waals surface area contributed by atoms with E-state index in [-0.39, 0.29) is 0 Å². The Kier molecular flexibility index (Phi) is 6.66. The number of para-hydroxylation sites is 1. The van der Waals surface area contributed by atoms with Crippen molar-refractivity contribution in [3.63, 3.8) is 0 Å². The van der Waals surface area contributed by atoms with Crippen LogP contribution < -0.4 is 0 Å². The van der Waals surface area contributed by atoms with Crippen LogP contribution in [0.25, 0.3) is 99.5 Å². The van der Waals surface area contributed by atoms with Crippen LogP contribution in [0, 0.1) is 0 Å². The molecule has 0 saturated carbocycles. The second-order valence-corrected chi connectivity index (χ2v) is 19.6. The summed E-state index contributed by atoms with van der Waals surface area (Å²) in [6, 6.07) is 71.2. The summed E-state index contributed by atoms with van der Waals surface area (Å²) in [5, 5.41) is 5.24. The van der Waals surface area contributed by atoms with Crippen molar-refractivity contribution in [2.75, 3.05) is 0 Å². The number of halogens is 2. The van der Waals surface area contributed by atoms with Crippen molar-refractivity contribution in [2.24, 2.45) is 0 Å². The van der Waals surface area contributed by atoms with E-state index in [0.717, 1.165) is 65.0 Å². The van der Waals surface area contributed by atoms with E-state index in [1.807, 2.05) is 12.1 Å². The third-order valence-corrected chi connectivity index (χ3v) is 16.5. The molecule has 16 rings (SSSR count). The molecular formula is C62H32BrClO2. The maximum absolute atomic E-state index is 6.99. The molecule has 4 aliphatic rings. The third-order valence-electron chi connectivity index (χ3n) is 15.6. The Hall–Kier alpha value is -7.43. The third kappa shape index (κ3) is 4.02. The van der Waals surface area contributed by atoms with Gasteiger partial charge in [0, 0.05) is 42.2 Å². The predicted molar refractivity (Wildman–Crippen MR) is 272 cm³/mol. The molecule has 12 aromatic rings. The summed E-state index contributed by atoms with van der Waals surface area (Å²) in [4.78, 5) is 0. The van der Waals surface area contributed by atoms with Gasteiger partial charge in [-0.1, -0.05) is 179 Å². The fourth-order valence-electron chi connectivity index (χ4n) is 13.4.